The molecule has 1 rings (SSSR count). The van der Waals surface area contributed by atoms with Crippen LogP contribution in [0.2, 0.25) is 0 Å². The Morgan fingerprint density at radius 3 is 2.53 bits per heavy atom. The second-order valence-electron chi connectivity index (χ2n) is 5.08. The van der Waals surface area contributed by atoms with Gasteiger partial charge in [0, 0.05) is 6.04 Å². The summed E-state index contributed by atoms with van der Waals surface area (Å²) in [6.45, 7) is 3.50. The van der Waals surface area contributed by atoms with E-state index in [1.807, 2.05) is 0 Å². The highest BCUT2D eigenvalue weighted by Crippen LogP contribution is 2.31. The Hall–Kier alpha value is -1.62. The molecule has 19 heavy (non-hydrogen) atoms. The van der Waals surface area contributed by atoms with Gasteiger partial charge in [0.15, 0.2) is 11.6 Å². The zero-order valence-corrected chi connectivity index (χ0v) is 11.7. The van der Waals surface area contributed by atoms with Crippen molar-refractivity contribution in [2.45, 2.75) is 26.3 Å². The Labute approximate surface area is 112 Å². The smallest absolute Gasteiger partial charge is 0.311 e. The molecule has 0 aliphatic carbocycles. The molecule has 0 radical (unpaired) electrons. The Bertz CT molecular complexity index is 460. The molecule has 0 saturated carbocycles. The highest BCUT2D eigenvalue weighted by Gasteiger charge is 2.31. The number of benzene rings is 1. The van der Waals surface area contributed by atoms with Gasteiger partial charge in [0.05, 0.1) is 19.6 Å². The Morgan fingerprint density at radius 2 is 2.05 bits per heavy atom. The minimum atomic E-state index is -0.718. The third-order valence-electron chi connectivity index (χ3n) is 3.07. The van der Waals surface area contributed by atoms with E-state index in [4.69, 9.17) is 15.2 Å². The van der Waals surface area contributed by atoms with Crippen molar-refractivity contribution >= 4 is 5.97 Å². The van der Waals surface area contributed by atoms with Crippen LogP contribution in [0.4, 0.5) is 4.39 Å². The molecule has 1 unspecified atom stereocenters. The fourth-order valence-corrected chi connectivity index (χ4v) is 1.94. The summed E-state index contributed by atoms with van der Waals surface area (Å²) in [7, 11) is 2.74. The summed E-state index contributed by atoms with van der Waals surface area (Å²) in [6, 6.07) is 4.10. The van der Waals surface area contributed by atoms with E-state index in [0.717, 1.165) is 0 Å². The average Bonchev–Trinajstić information content (AvgIpc) is 2.36. The maximum atomic E-state index is 13.6. The first-order chi connectivity index (χ1) is 8.81. The van der Waals surface area contributed by atoms with Crippen LogP contribution in [0.5, 0.6) is 5.75 Å². The van der Waals surface area contributed by atoms with Crippen molar-refractivity contribution in [3.8, 4) is 5.75 Å². The molecule has 0 aliphatic rings. The summed E-state index contributed by atoms with van der Waals surface area (Å²) in [5, 5.41) is 0. The number of carbonyl (C=O) groups is 1. The lowest BCUT2D eigenvalue weighted by atomic mass is 9.84. The number of hydrogen-bond donors (Lipinski definition) is 1. The second kappa shape index (κ2) is 6.02. The Morgan fingerprint density at radius 1 is 1.42 bits per heavy atom. The summed E-state index contributed by atoms with van der Waals surface area (Å²) < 4.78 is 23.2. The van der Waals surface area contributed by atoms with Crippen LogP contribution in [0.3, 0.4) is 0 Å². The van der Waals surface area contributed by atoms with Gasteiger partial charge < -0.3 is 15.2 Å². The van der Waals surface area contributed by atoms with E-state index < -0.39 is 17.3 Å². The molecule has 0 aromatic heterocycles. The monoisotopic (exact) mass is 269 g/mol. The summed E-state index contributed by atoms with van der Waals surface area (Å²) >= 11 is 0. The molecule has 106 valence electrons. The van der Waals surface area contributed by atoms with Crippen molar-refractivity contribution in [1.29, 1.82) is 0 Å². The van der Waals surface area contributed by atoms with Crippen LogP contribution in [0, 0.1) is 11.2 Å². The van der Waals surface area contributed by atoms with Gasteiger partial charge >= 0.3 is 5.97 Å². The van der Waals surface area contributed by atoms with Gasteiger partial charge in [0.1, 0.15) is 0 Å². The van der Waals surface area contributed by atoms with Gasteiger partial charge in [-0.2, -0.15) is 0 Å². The van der Waals surface area contributed by atoms with Crippen molar-refractivity contribution in [3.63, 3.8) is 0 Å². The molecule has 1 aromatic rings. The highest BCUT2D eigenvalue weighted by molar-refractivity contribution is 5.75. The van der Waals surface area contributed by atoms with Gasteiger partial charge in [-0.1, -0.05) is 6.07 Å². The Balaban J connectivity index is 2.86. The highest BCUT2D eigenvalue weighted by atomic mass is 19.1. The lowest BCUT2D eigenvalue weighted by Crippen LogP contribution is -2.30. The van der Waals surface area contributed by atoms with E-state index in [9.17, 15) is 9.18 Å². The largest absolute Gasteiger partial charge is 0.494 e. The molecule has 4 nitrogen and oxygen atoms in total. The zero-order chi connectivity index (χ0) is 14.6. The van der Waals surface area contributed by atoms with Crippen molar-refractivity contribution in [2.24, 2.45) is 11.1 Å². The average molecular weight is 269 g/mol. The fraction of sp³-hybridized carbons (Fsp3) is 0.500. The van der Waals surface area contributed by atoms with E-state index in [1.54, 1.807) is 19.9 Å². The van der Waals surface area contributed by atoms with Crippen LogP contribution in [-0.2, 0) is 9.53 Å². The van der Waals surface area contributed by atoms with E-state index in [-0.39, 0.29) is 11.7 Å². The zero-order valence-electron chi connectivity index (χ0n) is 11.7. The number of halogens is 1. The van der Waals surface area contributed by atoms with Crippen LogP contribution in [0.25, 0.3) is 0 Å². The van der Waals surface area contributed by atoms with E-state index >= 15 is 0 Å². The minimum Gasteiger partial charge on any atom is -0.494 e. The first-order valence-electron chi connectivity index (χ1n) is 5.99. The summed E-state index contributed by atoms with van der Waals surface area (Å²) in [6.07, 6.45) is 0.367. The third-order valence-corrected chi connectivity index (χ3v) is 3.07. The SMILES string of the molecule is COC(=O)C(C)(C)CC(N)c1ccc(OC)c(F)c1. The molecular formula is C14H20FNO3. The molecule has 5 heteroatoms. The number of rotatable bonds is 5. The summed E-state index contributed by atoms with van der Waals surface area (Å²) in [5.41, 5.74) is 5.92. The lowest BCUT2D eigenvalue weighted by Gasteiger charge is -2.25. The van der Waals surface area contributed by atoms with Gasteiger partial charge in [-0.3, -0.25) is 4.79 Å². The fourth-order valence-electron chi connectivity index (χ4n) is 1.94. The van der Waals surface area contributed by atoms with Gasteiger partial charge in [-0.15, -0.1) is 0 Å². The molecule has 1 aromatic carbocycles. The molecule has 0 aliphatic heterocycles. The maximum Gasteiger partial charge on any atom is 0.311 e. The molecule has 0 fully saturated rings. The standard InChI is InChI=1S/C14H20FNO3/c1-14(2,13(17)19-4)8-11(16)9-5-6-12(18-3)10(15)7-9/h5-7,11H,8,16H2,1-4H3. The first-order valence-corrected chi connectivity index (χ1v) is 5.99. The van der Waals surface area contributed by atoms with Crippen LogP contribution < -0.4 is 10.5 Å². The Kier molecular flexibility index (Phi) is 4.89. The van der Waals surface area contributed by atoms with Gasteiger partial charge in [-0.25, -0.2) is 4.39 Å². The third kappa shape index (κ3) is 3.67. The molecule has 0 spiro atoms. The predicted molar refractivity (Wildman–Crippen MR) is 70.3 cm³/mol. The van der Waals surface area contributed by atoms with Crippen LogP contribution in [-0.4, -0.2) is 20.2 Å². The van der Waals surface area contributed by atoms with Crippen LogP contribution in [0.15, 0.2) is 18.2 Å². The number of nitrogens with two attached hydrogens (primary N) is 1. The second-order valence-corrected chi connectivity index (χ2v) is 5.08. The van der Waals surface area contributed by atoms with Crippen LogP contribution >= 0.6 is 0 Å². The van der Waals surface area contributed by atoms with E-state index in [1.165, 1.54) is 26.4 Å². The maximum absolute atomic E-state index is 13.6. The normalized spacial score (nSPS) is 12.9. The summed E-state index contributed by atoms with van der Waals surface area (Å²) in [4.78, 5) is 11.6. The molecule has 0 amide bonds. The quantitative estimate of drug-likeness (QED) is 0.834. The number of methoxy groups -OCH3 is 2. The van der Waals surface area contributed by atoms with Crippen molar-refractivity contribution in [3.05, 3.63) is 29.6 Å². The van der Waals surface area contributed by atoms with Crippen molar-refractivity contribution in [1.82, 2.24) is 0 Å². The number of carbonyl (C=O) groups excluding carboxylic acids is 1. The van der Waals surface area contributed by atoms with Crippen molar-refractivity contribution < 1.29 is 18.7 Å². The van der Waals surface area contributed by atoms with Gasteiger partial charge in [-0.05, 0) is 38.0 Å². The molecule has 0 saturated heterocycles. The van der Waals surface area contributed by atoms with Crippen LogP contribution in [0.1, 0.15) is 31.9 Å². The molecule has 2 N–H and O–H groups in total. The summed E-state index contributed by atoms with van der Waals surface area (Å²) in [5.74, 6) is -0.633. The number of esters is 1. The van der Waals surface area contributed by atoms with Crippen molar-refractivity contribution in [2.75, 3.05) is 14.2 Å². The van der Waals surface area contributed by atoms with E-state index in [0.29, 0.717) is 12.0 Å². The lowest BCUT2D eigenvalue weighted by molar-refractivity contribution is -0.151. The molecule has 0 heterocycles. The number of hydrogen-bond acceptors (Lipinski definition) is 4. The first kappa shape index (κ1) is 15.4. The van der Waals surface area contributed by atoms with Gasteiger partial charge in [0.25, 0.3) is 0 Å². The number of ether oxygens (including phenoxy) is 2. The minimum absolute atomic E-state index is 0.170. The molecule has 0 bridgehead atoms. The molecular weight excluding hydrogens is 249 g/mol. The predicted octanol–water partition coefficient (Wildman–Crippen LogP) is 2.42. The topological polar surface area (TPSA) is 61.5 Å². The van der Waals surface area contributed by atoms with E-state index in [2.05, 4.69) is 0 Å². The van der Waals surface area contributed by atoms with Gasteiger partial charge in [0.2, 0.25) is 0 Å². The molecule has 1 atom stereocenters.